The second-order valence-electron chi connectivity index (χ2n) is 9.71. The maximum absolute atomic E-state index is 12.7. The van der Waals surface area contributed by atoms with E-state index in [2.05, 4.69) is 36.7 Å². The number of thiocarbonyl (C=S) groups is 1. The molecule has 0 aliphatic carbocycles. The molecule has 3 N–H and O–H groups in total. The van der Waals surface area contributed by atoms with Gasteiger partial charge in [0, 0.05) is 23.0 Å². The van der Waals surface area contributed by atoms with Gasteiger partial charge in [0.25, 0.3) is 17.5 Å². The van der Waals surface area contributed by atoms with Crippen LogP contribution in [0, 0.1) is 10.1 Å². The van der Waals surface area contributed by atoms with Gasteiger partial charge < -0.3 is 15.1 Å². The summed E-state index contributed by atoms with van der Waals surface area (Å²) in [5, 5.41) is 19.6. The minimum atomic E-state index is -0.625. The molecule has 39 heavy (non-hydrogen) atoms. The lowest BCUT2D eigenvalue weighted by Gasteiger charge is -2.19. The van der Waals surface area contributed by atoms with Gasteiger partial charge in [0.15, 0.2) is 10.9 Å². The number of anilines is 2. The van der Waals surface area contributed by atoms with E-state index in [4.69, 9.17) is 16.6 Å². The summed E-state index contributed by atoms with van der Waals surface area (Å²) in [4.78, 5) is 36.1. The Morgan fingerprint density at radius 3 is 2.18 bits per heavy atom. The average molecular weight is 543 g/mol. The number of nitrogens with zero attached hydrogens (tertiary/aromatic N) is 1. The largest absolute Gasteiger partial charge is 0.451 e. The van der Waals surface area contributed by atoms with E-state index >= 15 is 0 Å². The van der Waals surface area contributed by atoms with Crippen LogP contribution in [0.3, 0.4) is 0 Å². The molecule has 4 aromatic rings. The van der Waals surface area contributed by atoms with Crippen LogP contribution in [-0.2, 0) is 5.41 Å². The van der Waals surface area contributed by atoms with Gasteiger partial charge in [-0.15, -0.1) is 0 Å². The highest BCUT2D eigenvalue weighted by Gasteiger charge is 2.20. The summed E-state index contributed by atoms with van der Waals surface area (Å²) >= 11 is 5.26. The van der Waals surface area contributed by atoms with Gasteiger partial charge in [0.1, 0.15) is 5.76 Å². The quantitative estimate of drug-likeness (QED) is 0.144. The van der Waals surface area contributed by atoms with Gasteiger partial charge in [-0.05, 0) is 71.7 Å². The lowest BCUT2D eigenvalue weighted by atomic mass is 9.87. The van der Waals surface area contributed by atoms with E-state index in [0.717, 1.165) is 5.56 Å². The van der Waals surface area contributed by atoms with Crippen LogP contribution in [0.4, 0.5) is 17.1 Å². The van der Waals surface area contributed by atoms with Crippen molar-refractivity contribution >= 4 is 46.2 Å². The van der Waals surface area contributed by atoms with Crippen LogP contribution in [0.25, 0.3) is 11.3 Å². The molecule has 0 spiro atoms. The molecule has 0 bridgehead atoms. The first-order chi connectivity index (χ1) is 18.5. The number of nitrogens with one attached hydrogen (secondary N) is 3. The standard InChI is InChI=1S/C29H26N4O5S/c1-29(2,3)19-13-11-18(12-14-19)26(34)30-20-7-6-8-21(17-20)31-28(39)32-27(35)25-16-15-24(38-25)22-9-4-5-10-23(22)33(36)37/h4-17H,1-3H3,(H,30,34)(H2,31,32,35,39). The average Bonchev–Trinajstić information content (AvgIpc) is 3.39. The maximum atomic E-state index is 12.7. The van der Waals surface area contributed by atoms with Gasteiger partial charge in [-0.3, -0.25) is 25.0 Å². The molecule has 1 heterocycles. The fourth-order valence-corrected chi connectivity index (χ4v) is 3.98. The number of benzene rings is 3. The van der Waals surface area contributed by atoms with Crippen molar-refractivity contribution in [2.24, 2.45) is 0 Å². The predicted octanol–water partition coefficient (Wildman–Crippen LogP) is 6.53. The Bertz CT molecular complexity index is 1550. The minimum absolute atomic E-state index is 0.00453. The third-order valence-electron chi connectivity index (χ3n) is 5.81. The summed E-state index contributed by atoms with van der Waals surface area (Å²) < 4.78 is 5.55. The molecule has 9 nitrogen and oxygen atoms in total. The third-order valence-corrected chi connectivity index (χ3v) is 6.02. The summed E-state index contributed by atoms with van der Waals surface area (Å²) in [6.07, 6.45) is 0. The number of hydrogen-bond donors (Lipinski definition) is 3. The molecule has 0 fully saturated rings. The number of para-hydroxylation sites is 1. The summed E-state index contributed by atoms with van der Waals surface area (Å²) in [6.45, 7) is 6.33. The third kappa shape index (κ3) is 6.74. The molecule has 10 heteroatoms. The van der Waals surface area contributed by atoms with Crippen molar-refractivity contribution < 1.29 is 18.9 Å². The van der Waals surface area contributed by atoms with Gasteiger partial charge in [-0.1, -0.05) is 51.1 Å². The van der Waals surface area contributed by atoms with E-state index in [9.17, 15) is 19.7 Å². The van der Waals surface area contributed by atoms with Gasteiger partial charge in [0.05, 0.1) is 10.5 Å². The molecule has 0 aliphatic rings. The number of hydrogen-bond acceptors (Lipinski definition) is 6. The maximum Gasteiger partial charge on any atom is 0.293 e. The number of carbonyl (C=O) groups excluding carboxylic acids is 2. The summed E-state index contributed by atoms with van der Waals surface area (Å²) in [7, 11) is 0. The topological polar surface area (TPSA) is 127 Å². The van der Waals surface area contributed by atoms with E-state index in [1.807, 2.05) is 12.1 Å². The van der Waals surface area contributed by atoms with E-state index < -0.39 is 10.8 Å². The van der Waals surface area contributed by atoms with Crippen molar-refractivity contribution in [3.63, 3.8) is 0 Å². The molecule has 4 rings (SSSR count). The van der Waals surface area contributed by atoms with E-state index in [1.54, 1.807) is 48.5 Å². The number of rotatable bonds is 6. The number of nitro benzene ring substituents is 1. The first-order valence-corrected chi connectivity index (χ1v) is 12.4. The molecule has 0 aliphatic heterocycles. The van der Waals surface area contributed by atoms with E-state index in [0.29, 0.717) is 16.9 Å². The summed E-state index contributed by atoms with van der Waals surface area (Å²) in [5.41, 5.74) is 2.86. The van der Waals surface area contributed by atoms with Crippen molar-refractivity contribution in [1.29, 1.82) is 0 Å². The molecule has 0 radical (unpaired) electrons. The van der Waals surface area contributed by atoms with Crippen molar-refractivity contribution in [2.45, 2.75) is 26.2 Å². The fraction of sp³-hybridized carbons (Fsp3) is 0.138. The van der Waals surface area contributed by atoms with Gasteiger partial charge in [0.2, 0.25) is 0 Å². The molecule has 2 amide bonds. The highest BCUT2D eigenvalue weighted by Crippen LogP contribution is 2.31. The Kier molecular flexibility index (Phi) is 7.87. The zero-order chi connectivity index (χ0) is 28.2. The molecular formula is C29H26N4O5S. The van der Waals surface area contributed by atoms with Crippen LogP contribution in [0.15, 0.2) is 89.3 Å². The first-order valence-electron chi connectivity index (χ1n) is 12.0. The zero-order valence-corrected chi connectivity index (χ0v) is 22.3. The van der Waals surface area contributed by atoms with Gasteiger partial charge in [-0.2, -0.15) is 0 Å². The SMILES string of the molecule is CC(C)(C)c1ccc(C(=O)Nc2cccc(NC(=S)NC(=O)c3ccc(-c4ccccc4[N+](=O)[O-])o3)c2)cc1. The predicted molar refractivity (Wildman–Crippen MR) is 154 cm³/mol. The summed E-state index contributed by atoms with van der Waals surface area (Å²) in [5.74, 6) is -0.759. The minimum Gasteiger partial charge on any atom is -0.451 e. The zero-order valence-electron chi connectivity index (χ0n) is 21.5. The normalized spacial score (nSPS) is 10.9. The van der Waals surface area contributed by atoms with Crippen molar-refractivity contribution in [1.82, 2.24) is 5.32 Å². The Balaban J connectivity index is 1.37. The number of carbonyl (C=O) groups is 2. The molecule has 0 saturated heterocycles. The summed E-state index contributed by atoms with van der Waals surface area (Å²) in [6, 6.07) is 23.3. The molecule has 3 aromatic carbocycles. The molecule has 0 atom stereocenters. The van der Waals surface area contributed by atoms with Crippen LogP contribution < -0.4 is 16.0 Å². The smallest absolute Gasteiger partial charge is 0.293 e. The monoisotopic (exact) mass is 542 g/mol. The lowest BCUT2D eigenvalue weighted by molar-refractivity contribution is -0.384. The van der Waals surface area contributed by atoms with Crippen LogP contribution in [0.1, 0.15) is 47.2 Å². The molecule has 198 valence electrons. The van der Waals surface area contributed by atoms with Crippen molar-refractivity contribution in [3.8, 4) is 11.3 Å². The van der Waals surface area contributed by atoms with Crippen LogP contribution >= 0.6 is 12.2 Å². The molecular weight excluding hydrogens is 516 g/mol. The highest BCUT2D eigenvalue weighted by atomic mass is 32.1. The Labute approximate surface area is 230 Å². The number of amides is 2. The molecule has 1 aromatic heterocycles. The molecule has 0 unspecified atom stereocenters. The first kappa shape index (κ1) is 27.2. The Morgan fingerprint density at radius 1 is 0.846 bits per heavy atom. The van der Waals surface area contributed by atoms with Crippen molar-refractivity contribution in [3.05, 3.63) is 112 Å². The Hall–Kier alpha value is -4.83. The van der Waals surface area contributed by atoms with Crippen molar-refractivity contribution in [2.75, 3.05) is 10.6 Å². The van der Waals surface area contributed by atoms with Crippen LogP contribution in [0.5, 0.6) is 0 Å². The Morgan fingerprint density at radius 2 is 1.51 bits per heavy atom. The number of nitro groups is 1. The van der Waals surface area contributed by atoms with E-state index in [-0.39, 0.29) is 39.2 Å². The van der Waals surface area contributed by atoms with Gasteiger partial charge in [-0.25, -0.2) is 0 Å². The second kappa shape index (κ2) is 11.3. The second-order valence-corrected chi connectivity index (χ2v) is 10.1. The highest BCUT2D eigenvalue weighted by molar-refractivity contribution is 7.80. The van der Waals surface area contributed by atoms with E-state index in [1.165, 1.54) is 24.3 Å². The lowest BCUT2D eigenvalue weighted by Crippen LogP contribution is -2.33. The fourth-order valence-electron chi connectivity index (χ4n) is 3.77. The number of furan rings is 1. The van der Waals surface area contributed by atoms with Crippen LogP contribution in [0.2, 0.25) is 0 Å². The van der Waals surface area contributed by atoms with Crippen LogP contribution in [-0.4, -0.2) is 21.9 Å². The van der Waals surface area contributed by atoms with Gasteiger partial charge >= 0.3 is 0 Å². The molecule has 0 saturated carbocycles.